The van der Waals surface area contributed by atoms with E-state index in [1.54, 1.807) is 6.20 Å². The molecule has 3 N–H and O–H groups in total. The molecule has 1 unspecified atom stereocenters. The Morgan fingerprint density at radius 1 is 1.57 bits per heavy atom. The van der Waals surface area contributed by atoms with Gasteiger partial charge in [0.2, 0.25) is 0 Å². The first-order chi connectivity index (χ1) is 6.81. The Bertz CT molecular complexity index is 419. The lowest BCUT2D eigenvalue weighted by Gasteiger charge is -2.06. The molecule has 1 atom stereocenters. The van der Waals surface area contributed by atoms with Crippen molar-refractivity contribution in [3.63, 3.8) is 0 Å². The molecule has 0 spiro atoms. The van der Waals surface area contributed by atoms with Gasteiger partial charge >= 0.3 is 0 Å². The summed E-state index contributed by atoms with van der Waals surface area (Å²) in [5.41, 5.74) is 8.14. The number of aromatic nitrogens is 2. The number of nitrogens with one attached hydrogen (secondary N) is 1. The Balaban J connectivity index is 2.33. The molecule has 0 radical (unpaired) electrons. The van der Waals surface area contributed by atoms with Crippen molar-refractivity contribution in [2.45, 2.75) is 25.8 Å². The summed E-state index contributed by atoms with van der Waals surface area (Å²) in [5.74, 6) is 0. The molecule has 0 fully saturated rings. The van der Waals surface area contributed by atoms with Crippen LogP contribution in [0.4, 0.5) is 0 Å². The van der Waals surface area contributed by atoms with Crippen LogP contribution in [0, 0.1) is 0 Å². The van der Waals surface area contributed by atoms with Crippen molar-refractivity contribution in [1.82, 2.24) is 9.97 Å². The van der Waals surface area contributed by atoms with Crippen molar-refractivity contribution in [3.05, 3.63) is 30.1 Å². The van der Waals surface area contributed by atoms with Gasteiger partial charge in [0.05, 0.1) is 0 Å². The molecule has 2 aromatic heterocycles. The van der Waals surface area contributed by atoms with Crippen molar-refractivity contribution in [2.75, 3.05) is 0 Å². The van der Waals surface area contributed by atoms with E-state index in [-0.39, 0.29) is 6.04 Å². The summed E-state index contributed by atoms with van der Waals surface area (Å²) in [7, 11) is 0. The highest BCUT2D eigenvalue weighted by Gasteiger charge is 2.06. The molecule has 0 saturated heterocycles. The number of hydrogen-bond acceptors (Lipinski definition) is 2. The van der Waals surface area contributed by atoms with Crippen LogP contribution < -0.4 is 5.73 Å². The smallest absolute Gasteiger partial charge is 0.137 e. The largest absolute Gasteiger partial charge is 0.346 e. The van der Waals surface area contributed by atoms with Gasteiger partial charge in [-0.05, 0) is 30.5 Å². The van der Waals surface area contributed by atoms with E-state index in [9.17, 15) is 0 Å². The minimum absolute atomic E-state index is 0.245. The van der Waals surface area contributed by atoms with Gasteiger partial charge in [0.25, 0.3) is 0 Å². The first-order valence-electron chi connectivity index (χ1n) is 4.97. The maximum atomic E-state index is 5.92. The lowest BCUT2D eigenvalue weighted by Crippen LogP contribution is -2.21. The van der Waals surface area contributed by atoms with Crippen molar-refractivity contribution in [1.29, 1.82) is 0 Å². The van der Waals surface area contributed by atoms with E-state index in [0.29, 0.717) is 0 Å². The third-order valence-corrected chi connectivity index (χ3v) is 2.54. The van der Waals surface area contributed by atoms with E-state index >= 15 is 0 Å². The summed E-state index contributed by atoms with van der Waals surface area (Å²) >= 11 is 0. The Morgan fingerprint density at radius 3 is 3.21 bits per heavy atom. The van der Waals surface area contributed by atoms with E-state index in [4.69, 9.17) is 5.73 Å². The van der Waals surface area contributed by atoms with E-state index < -0.39 is 0 Å². The summed E-state index contributed by atoms with van der Waals surface area (Å²) < 4.78 is 0. The number of aromatic amines is 1. The monoisotopic (exact) mass is 189 g/mol. The lowest BCUT2D eigenvalue weighted by atomic mass is 10.1. The molecule has 3 heteroatoms. The molecule has 0 aromatic carbocycles. The zero-order chi connectivity index (χ0) is 9.97. The van der Waals surface area contributed by atoms with Crippen LogP contribution >= 0.6 is 0 Å². The zero-order valence-electron chi connectivity index (χ0n) is 8.33. The van der Waals surface area contributed by atoms with Crippen molar-refractivity contribution < 1.29 is 0 Å². The highest BCUT2D eigenvalue weighted by Crippen LogP contribution is 2.17. The Morgan fingerprint density at radius 2 is 2.43 bits per heavy atom. The molecule has 0 saturated carbocycles. The summed E-state index contributed by atoms with van der Waals surface area (Å²) in [6, 6.07) is 4.28. The molecule has 0 aliphatic rings. The van der Waals surface area contributed by atoms with Gasteiger partial charge in [-0.25, -0.2) is 4.98 Å². The minimum atomic E-state index is 0.245. The fourth-order valence-corrected chi connectivity index (χ4v) is 1.61. The third-order valence-electron chi connectivity index (χ3n) is 2.54. The normalized spacial score (nSPS) is 13.3. The van der Waals surface area contributed by atoms with Crippen LogP contribution in [-0.4, -0.2) is 16.0 Å². The summed E-state index contributed by atoms with van der Waals surface area (Å²) in [6.07, 6.45) is 5.73. The average molecular weight is 189 g/mol. The van der Waals surface area contributed by atoms with Gasteiger partial charge in [-0.3, -0.25) is 0 Å². The second-order valence-corrected chi connectivity index (χ2v) is 3.59. The van der Waals surface area contributed by atoms with Gasteiger partial charge < -0.3 is 10.7 Å². The predicted octanol–water partition coefficient (Wildman–Crippen LogP) is 1.84. The highest BCUT2D eigenvalue weighted by atomic mass is 14.8. The van der Waals surface area contributed by atoms with E-state index in [1.165, 1.54) is 10.9 Å². The molecule has 3 nitrogen and oxygen atoms in total. The van der Waals surface area contributed by atoms with E-state index in [0.717, 1.165) is 18.5 Å². The third kappa shape index (κ3) is 1.63. The van der Waals surface area contributed by atoms with Crippen molar-refractivity contribution in [2.24, 2.45) is 5.73 Å². The summed E-state index contributed by atoms with van der Waals surface area (Å²) in [6.45, 7) is 2.11. The molecule has 2 heterocycles. The molecule has 74 valence electrons. The quantitative estimate of drug-likeness (QED) is 0.774. The minimum Gasteiger partial charge on any atom is -0.346 e. The Hall–Kier alpha value is -1.35. The molecule has 2 aromatic rings. The van der Waals surface area contributed by atoms with Crippen LogP contribution in [0.3, 0.4) is 0 Å². The van der Waals surface area contributed by atoms with Gasteiger partial charge in [0.1, 0.15) is 5.65 Å². The average Bonchev–Trinajstić information content (AvgIpc) is 2.62. The molecular formula is C11H15N3. The van der Waals surface area contributed by atoms with Crippen molar-refractivity contribution in [3.8, 4) is 0 Å². The van der Waals surface area contributed by atoms with Crippen molar-refractivity contribution >= 4 is 11.0 Å². The predicted molar refractivity (Wildman–Crippen MR) is 58.1 cm³/mol. The topological polar surface area (TPSA) is 54.7 Å². The first-order valence-corrected chi connectivity index (χ1v) is 4.97. The molecule has 2 rings (SSSR count). The van der Waals surface area contributed by atoms with Crippen LogP contribution in [0.5, 0.6) is 0 Å². The van der Waals surface area contributed by atoms with E-state index in [1.807, 2.05) is 12.3 Å². The second-order valence-electron chi connectivity index (χ2n) is 3.59. The fraction of sp³-hybridized carbons (Fsp3) is 0.364. The molecule has 0 aliphatic heterocycles. The Kier molecular flexibility index (Phi) is 2.50. The lowest BCUT2D eigenvalue weighted by molar-refractivity contribution is 0.648. The maximum Gasteiger partial charge on any atom is 0.137 e. The standard InChI is InChI=1S/C11H15N3/c1-2-9(12)6-8-7-14-11-10(8)4-3-5-13-11/h3-5,7,9H,2,6,12H2,1H3,(H,13,14). The highest BCUT2D eigenvalue weighted by molar-refractivity contribution is 5.79. The van der Waals surface area contributed by atoms with Crippen LogP contribution in [0.1, 0.15) is 18.9 Å². The summed E-state index contributed by atoms with van der Waals surface area (Å²) in [4.78, 5) is 7.39. The van der Waals surface area contributed by atoms with Gasteiger partial charge in [-0.15, -0.1) is 0 Å². The van der Waals surface area contributed by atoms with Gasteiger partial charge in [0.15, 0.2) is 0 Å². The molecule has 14 heavy (non-hydrogen) atoms. The van der Waals surface area contributed by atoms with Gasteiger partial charge in [0, 0.05) is 23.8 Å². The number of pyridine rings is 1. The van der Waals surface area contributed by atoms with Crippen LogP contribution in [0.15, 0.2) is 24.5 Å². The maximum absolute atomic E-state index is 5.92. The number of nitrogens with zero attached hydrogens (tertiary/aromatic N) is 1. The van der Waals surface area contributed by atoms with E-state index in [2.05, 4.69) is 23.0 Å². The SMILES string of the molecule is CCC(N)Cc1c[nH]c2ncccc12. The van der Waals surface area contributed by atoms with Crippen LogP contribution in [0.2, 0.25) is 0 Å². The second kappa shape index (κ2) is 3.80. The Labute approximate surface area is 83.3 Å². The molecule has 0 bridgehead atoms. The van der Waals surface area contributed by atoms with Gasteiger partial charge in [-0.1, -0.05) is 6.92 Å². The number of rotatable bonds is 3. The molecule has 0 amide bonds. The van der Waals surface area contributed by atoms with Crippen LogP contribution in [0.25, 0.3) is 11.0 Å². The first kappa shape index (κ1) is 9.21. The number of nitrogens with two attached hydrogens (primary N) is 1. The number of H-pyrrole nitrogens is 1. The van der Waals surface area contributed by atoms with Gasteiger partial charge in [-0.2, -0.15) is 0 Å². The fourth-order valence-electron chi connectivity index (χ4n) is 1.61. The molecular weight excluding hydrogens is 174 g/mol. The van der Waals surface area contributed by atoms with Crippen LogP contribution in [-0.2, 0) is 6.42 Å². The summed E-state index contributed by atoms with van der Waals surface area (Å²) in [5, 5.41) is 1.19. The zero-order valence-corrected chi connectivity index (χ0v) is 8.33. The molecule has 0 aliphatic carbocycles. The number of hydrogen-bond donors (Lipinski definition) is 2. The number of fused-ring (bicyclic) bond motifs is 1.